The molecule has 0 radical (unpaired) electrons. The monoisotopic (exact) mass is 275 g/mol. The Labute approximate surface area is 117 Å². The Balaban J connectivity index is 2.16. The molecule has 1 N–H and O–H groups in total. The first-order valence-corrected chi connectivity index (χ1v) is 6.45. The number of benzene rings is 1. The zero-order valence-electron chi connectivity index (χ0n) is 11.7. The average Bonchev–Trinajstić information content (AvgIpc) is 2.89. The molecule has 1 aromatic carbocycles. The molecule has 0 saturated carbocycles. The molecule has 106 valence electrons. The van der Waals surface area contributed by atoms with Crippen molar-refractivity contribution in [2.24, 2.45) is 0 Å². The zero-order valence-corrected chi connectivity index (χ0v) is 11.7. The Morgan fingerprint density at radius 3 is 2.70 bits per heavy atom. The van der Waals surface area contributed by atoms with Crippen LogP contribution in [-0.4, -0.2) is 16.7 Å². The van der Waals surface area contributed by atoms with Gasteiger partial charge in [0.1, 0.15) is 5.82 Å². The van der Waals surface area contributed by atoms with Crippen LogP contribution in [0.25, 0.3) is 0 Å². The maximum absolute atomic E-state index is 13.0. The molecule has 2 rings (SSSR count). The van der Waals surface area contributed by atoms with E-state index in [1.165, 1.54) is 12.1 Å². The van der Waals surface area contributed by atoms with E-state index in [-0.39, 0.29) is 5.82 Å². The Bertz CT molecular complexity index is 575. The second-order valence-electron chi connectivity index (χ2n) is 5.06. The molecule has 0 aliphatic heterocycles. The Kier molecular flexibility index (Phi) is 4.29. The smallest absolute Gasteiger partial charge is 0.240 e. The Morgan fingerprint density at radius 2 is 2.05 bits per heavy atom. The minimum atomic E-state index is -0.437. The third kappa shape index (κ3) is 3.11. The molecule has 2 aromatic rings. The molecule has 4 nitrogen and oxygen atoms in total. The van der Waals surface area contributed by atoms with E-state index >= 15 is 0 Å². The topological polar surface area (TPSA) is 51.0 Å². The number of hydrogen-bond donors (Lipinski definition) is 1. The molecular weight excluding hydrogens is 257 g/mol. The summed E-state index contributed by atoms with van der Waals surface area (Å²) in [6, 6.07) is 6.34. The van der Waals surface area contributed by atoms with Crippen LogP contribution < -0.4 is 5.32 Å². The van der Waals surface area contributed by atoms with E-state index in [2.05, 4.69) is 22.0 Å². The lowest BCUT2D eigenvalue weighted by Gasteiger charge is -2.20. The van der Waals surface area contributed by atoms with Crippen LogP contribution in [0.4, 0.5) is 4.39 Å². The van der Waals surface area contributed by atoms with Gasteiger partial charge in [-0.3, -0.25) is 0 Å². The molecule has 0 amide bonds. The van der Waals surface area contributed by atoms with E-state index < -0.39 is 5.41 Å². The van der Waals surface area contributed by atoms with Crippen molar-refractivity contribution in [2.75, 3.05) is 6.54 Å². The predicted molar refractivity (Wildman–Crippen MR) is 74.7 cm³/mol. The standard InChI is InChI=1S/C15H18FN3O/c1-4-9-17-10-13-18-14(19-20-13)15(2,3)11-5-7-12(16)8-6-11/h4-8,17H,1,9-10H2,2-3H3. The highest BCUT2D eigenvalue weighted by atomic mass is 19.1. The van der Waals surface area contributed by atoms with Gasteiger partial charge >= 0.3 is 0 Å². The highest BCUT2D eigenvalue weighted by Crippen LogP contribution is 2.29. The second kappa shape index (κ2) is 5.96. The normalized spacial score (nSPS) is 11.6. The van der Waals surface area contributed by atoms with Crippen molar-refractivity contribution in [3.05, 3.63) is 60.0 Å². The number of halogens is 1. The molecule has 0 aliphatic rings. The van der Waals surface area contributed by atoms with Crippen molar-refractivity contribution in [1.29, 1.82) is 0 Å². The summed E-state index contributed by atoms with van der Waals surface area (Å²) in [4.78, 5) is 4.38. The van der Waals surface area contributed by atoms with Crippen LogP contribution in [0, 0.1) is 5.82 Å². The first kappa shape index (κ1) is 14.4. The number of aromatic nitrogens is 2. The summed E-state index contributed by atoms with van der Waals surface area (Å²) in [5, 5.41) is 7.12. The summed E-state index contributed by atoms with van der Waals surface area (Å²) in [5.74, 6) is 0.850. The van der Waals surface area contributed by atoms with Gasteiger partial charge in [-0.1, -0.05) is 23.4 Å². The van der Waals surface area contributed by atoms with E-state index in [0.717, 1.165) is 5.56 Å². The number of nitrogens with zero attached hydrogens (tertiary/aromatic N) is 2. The molecule has 0 aliphatic carbocycles. The van der Waals surface area contributed by atoms with E-state index in [1.54, 1.807) is 18.2 Å². The molecule has 0 saturated heterocycles. The van der Waals surface area contributed by atoms with Gasteiger partial charge in [-0.05, 0) is 31.5 Å². The lowest BCUT2D eigenvalue weighted by molar-refractivity contribution is 0.359. The van der Waals surface area contributed by atoms with Gasteiger partial charge in [0, 0.05) is 6.54 Å². The van der Waals surface area contributed by atoms with Crippen molar-refractivity contribution < 1.29 is 8.91 Å². The summed E-state index contributed by atoms with van der Waals surface area (Å²) in [6.45, 7) is 8.76. The molecule has 5 heteroatoms. The summed E-state index contributed by atoms with van der Waals surface area (Å²) < 4.78 is 18.2. The van der Waals surface area contributed by atoms with Crippen LogP contribution in [0.3, 0.4) is 0 Å². The van der Waals surface area contributed by atoms with Gasteiger partial charge < -0.3 is 9.84 Å². The van der Waals surface area contributed by atoms with E-state index in [4.69, 9.17) is 4.52 Å². The van der Waals surface area contributed by atoms with Gasteiger partial charge in [-0.15, -0.1) is 6.58 Å². The minimum Gasteiger partial charge on any atom is -0.338 e. The van der Waals surface area contributed by atoms with Gasteiger partial charge in [-0.25, -0.2) is 4.39 Å². The van der Waals surface area contributed by atoms with E-state index in [0.29, 0.717) is 24.8 Å². The van der Waals surface area contributed by atoms with E-state index in [1.807, 2.05) is 13.8 Å². The van der Waals surface area contributed by atoms with Crippen molar-refractivity contribution in [3.63, 3.8) is 0 Å². The van der Waals surface area contributed by atoms with Crippen molar-refractivity contribution in [2.45, 2.75) is 25.8 Å². The highest BCUT2D eigenvalue weighted by molar-refractivity contribution is 5.30. The third-order valence-corrected chi connectivity index (χ3v) is 3.16. The van der Waals surface area contributed by atoms with Crippen LogP contribution in [0.5, 0.6) is 0 Å². The first-order valence-electron chi connectivity index (χ1n) is 6.45. The molecule has 20 heavy (non-hydrogen) atoms. The maximum atomic E-state index is 13.0. The van der Waals surface area contributed by atoms with Gasteiger partial charge in [-0.2, -0.15) is 4.98 Å². The predicted octanol–water partition coefficient (Wildman–Crippen LogP) is 2.81. The Hall–Kier alpha value is -2.01. The van der Waals surface area contributed by atoms with Crippen LogP contribution in [0.1, 0.15) is 31.1 Å². The quantitative estimate of drug-likeness (QED) is 0.650. The third-order valence-electron chi connectivity index (χ3n) is 3.16. The fraction of sp³-hybridized carbons (Fsp3) is 0.333. The number of hydrogen-bond acceptors (Lipinski definition) is 4. The first-order chi connectivity index (χ1) is 9.54. The molecular formula is C15H18FN3O. The van der Waals surface area contributed by atoms with Gasteiger partial charge in [0.25, 0.3) is 0 Å². The Morgan fingerprint density at radius 1 is 1.35 bits per heavy atom. The summed E-state index contributed by atoms with van der Waals surface area (Å²) >= 11 is 0. The van der Waals surface area contributed by atoms with Crippen molar-refractivity contribution in [3.8, 4) is 0 Å². The maximum Gasteiger partial charge on any atom is 0.240 e. The molecule has 1 heterocycles. The summed E-state index contributed by atoms with van der Waals surface area (Å²) in [6.07, 6.45) is 1.76. The van der Waals surface area contributed by atoms with Gasteiger partial charge in [0.2, 0.25) is 5.89 Å². The fourth-order valence-electron chi connectivity index (χ4n) is 1.86. The van der Waals surface area contributed by atoms with Crippen LogP contribution in [0.2, 0.25) is 0 Å². The average molecular weight is 275 g/mol. The molecule has 0 bridgehead atoms. The molecule has 0 atom stereocenters. The van der Waals surface area contributed by atoms with E-state index in [9.17, 15) is 4.39 Å². The molecule has 0 spiro atoms. The van der Waals surface area contributed by atoms with Crippen LogP contribution in [-0.2, 0) is 12.0 Å². The highest BCUT2D eigenvalue weighted by Gasteiger charge is 2.28. The summed E-state index contributed by atoms with van der Waals surface area (Å²) in [5.41, 5.74) is 0.499. The zero-order chi connectivity index (χ0) is 14.6. The lowest BCUT2D eigenvalue weighted by Crippen LogP contribution is -2.21. The van der Waals surface area contributed by atoms with Gasteiger partial charge in [0.15, 0.2) is 5.82 Å². The second-order valence-corrected chi connectivity index (χ2v) is 5.06. The van der Waals surface area contributed by atoms with Crippen molar-refractivity contribution >= 4 is 0 Å². The largest absolute Gasteiger partial charge is 0.338 e. The SMILES string of the molecule is C=CCNCc1nc(C(C)(C)c2ccc(F)cc2)no1. The molecule has 0 fully saturated rings. The molecule has 1 aromatic heterocycles. The number of nitrogens with one attached hydrogen (secondary N) is 1. The van der Waals surface area contributed by atoms with Gasteiger partial charge in [0.05, 0.1) is 12.0 Å². The van der Waals surface area contributed by atoms with Crippen molar-refractivity contribution in [1.82, 2.24) is 15.5 Å². The van der Waals surface area contributed by atoms with Crippen LogP contribution in [0.15, 0.2) is 41.4 Å². The fourth-order valence-corrected chi connectivity index (χ4v) is 1.86. The summed E-state index contributed by atoms with van der Waals surface area (Å²) in [7, 11) is 0. The number of rotatable bonds is 6. The molecule has 0 unspecified atom stereocenters. The lowest BCUT2D eigenvalue weighted by atomic mass is 9.84. The minimum absolute atomic E-state index is 0.257. The van der Waals surface area contributed by atoms with Crippen LogP contribution >= 0.6 is 0 Å².